The first-order chi connectivity index (χ1) is 53.9. The number of aliphatic hydroxyl groups excluding tert-OH is 1. The molecule has 12 rings (SSSR count). The summed E-state index contributed by atoms with van der Waals surface area (Å²) in [6.07, 6.45) is 30.9. The van der Waals surface area contributed by atoms with Gasteiger partial charge < -0.3 is 51.0 Å². The maximum atomic E-state index is 11.9. The van der Waals surface area contributed by atoms with Crippen LogP contribution in [0.15, 0.2) is 184 Å². The summed E-state index contributed by atoms with van der Waals surface area (Å²) in [4.78, 5) is 50.1. The number of aliphatic hydroxyl groups is 1. The topological polar surface area (TPSA) is 240 Å². The zero-order chi connectivity index (χ0) is 83.3. The number of amides is 1. The van der Waals surface area contributed by atoms with Gasteiger partial charge >= 0.3 is 6.09 Å². The number of hydrogen-bond acceptors (Lipinski definition) is 19. The number of carbonyl (C=O) groups is 1. The number of benzene rings is 4. The van der Waals surface area contributed by atoms with E-state index in [0.29, 0.717) is 44.1 Å². The second-order valence-corrected chi connectivity index (χ2v) is 51.3. The van der Waals surface area contributed by atoms with E-state index in [0.717, 1.165) is 94.1 Å². The van der Waals surface area contributed by atoms with Crippen LogP contribution < -0.4 is 16.8 Å². The van der Waals surface area contributed by atoms with Crippen LogP contribution in [0.1, 0.15) is 136 Å². The molecule has 20 nitrogen and oxygen atoms in total. The van der Waals surface area contributed by atoms with Crippen LogP contribution in [0.25, 0.3) is 6.08 Å². The van der Waals surface area contributed by atoms with Gasteiger partial charge in [-0.05, 0) is 173 Å². The minimum atomic E-state index is -1.07. The zero-order valence-corrected chi connectivity index (χ0v) is 79.7. The summed E-state index contributed by atoms with van der Waals surface area (Å²) in [5.74, 6) is 0.814. The van der Waals surface area contributed by atoms with Crippen molar-refractivity contribution in [2.75, 3.05) is 112 Å². The number of alkyl halides is 1. The van der Waals surface area contributed by atoms with Crippen molar-refractivity contribution < 1.29 is 37.9 Å². The molecule has 637 valence electrons. The van der Waals surface area contributed by atoms with E-state index in [1.807, 2.05) is 57.3 Å². The second-order valence-electron chi connectivity index (χ2n) is 34.2. The summed E-state index contributed by atoms with van der Waals surface area (Å²) in [5, 5.41) is 20.6. The van der Waals surface area contributed by atoms with Gasteiger partial charge in [-0.1, -0.05) is 187 Å². The minimum Gasteiger partial charge on any atom is -0.444 e. The Balaban J connectivity index is 0.000000650. The maximum Gasteiger partial charge on any atom is 0.410 e. The third-order valence-corrected chi connectivity index (χ3v) is 24.7. The van der Waals surface area contributed by atoms with Crippen molar-refractivity contribution in [1.82, 2.24) is 64.6 Å². The van der Waals surface area contributed by atoms with Crippen LogP contribution in [0.3, 0.4) is 0 Å². The molecule has 3 unspecified atom stereocenters. The summed E-state index contributed by atoms with van der Waals surface area (Å²) in [6, 6.07) is 45.8. The van der Waals surface area contributed by atoms with E-state index in [4.69, 9.17) is 42.9 Å². The summed E-state index contributed by atoms with van der Waals surface area (Å²) >= 11 is 5.54. The average Bonchev–Trinajstić information content (AvgIpc) is 1.72. The molecule has 0 aliphatic carbocycles. The van der Waals surface area contributed by atoms with E-state index in [1.54, 1.807) is 67.7 Å². The third-order valence-electron chi connectivity index (χ3n) is 18.8. The Kier molecular flexibility index (Phi) is 57.3. The predicted molar refractivity (Wildman–Crippen MR) is 491 cm³/mol. The van der Waals surface area contributed by atoms with Crippen LogP contribution in [-0.2, 0) is 54.2 Å². The summed E-state index contributed by atoms with van der Waals surface area (Å²) in [7, 11) is 5.26. The van der Waals surface area contributed by atoms with Crippen molar-refractivity contribution in [2.45, 2.75) is 206 Å². The van der Waals surface area contributed by atoms with Crippen molar-refractivity contribution in [3.63, 3.8) is 0 Å². The number of likely N-dealkylation sites (N-methyl/N-ethyl adjacent to an activating group) is 1. The van der Waals surface area contributed by atoms with Crippen LogP contribution in [-0.4, -0.2) is 230 Å². The molecule has 26 heteroatoms. The van der Waals surface area contributed by atoms with Crippen LogP contribution in [0.5, 0.6) is 0 Å². The first-order valence-corrected chi connectivity index (χ1v) is 52.3. The number of nitrogens with one attached hydrogen (secondary N) is 1. The third kappa shape index (κ3) is 52.0. The molecule has 3 aromatic heterocycles. The molecule has 6 atom stereocenters. The smallest absolute Gasteiger partial charge is 0.410 e. The average molecular weight is 1710 g/mol. The van der Waals surface area contributed by atoms with Gasteiger partial charge in [-0.2, -0.15) is 15.2 Å². The number of hydrogen-bond donors (Lipinski definition) is 4. The molecule has 1 amide bonds. The van der Waals surface area contributed by atoms with Crippen molar-refractivity contribution in [1.29, 1.82) is 5.26 Å². The zero-order valence-electron chi connectivity index (χ0n) is 73.2. The van der Waals surface area contributed by atoms with Crippen molar-refractivity contribution in [3.05, 3.63) is 223 Å². The van der Waals surface area contributed by atoms with Crippen LogP contribution in [0.4, 0.5) is 4.79 Å². The quantitative estimate of drug-likeness (QED) is 0.0226. The molecule has 6 N–H and O–H groups in total. The molecule has 8 heterocycles. The fourth-order valence-corrected chi connectivity index (χ4v) is 15.2. The van der Waals surface area contributed by atoms with Gasteiger partial charge in [-0.15, -0.1) is 11.6 Å². The molecule has 0 saturated carbocycles. The number of ether oxygens (including phenoxy) is 2. The number of rotatable bonds is 21. The Morgan fingerprint density at radius 1 is 0.635 bits per heavy atom. The molecule has 1 radical (unpaired) electrons. The van der Waals surface area contributed by atoms with Crippen LogP contribution in [0, 0.1) is 11.3 Å². The largest absolute Gasteiger partial charge is 0.444 e. The Morgan fingerprint density at radius 2 is 1.10 bits per heavy atom. The summed E-state index contributed by atoms with van der Waals surface area (Å²) in [5.41, 5.74) is 19.4. The van der Waals surface area contributed by atoms with E-state index < -0.39 is 29.8 Å². The van der Waals surface area contributed by atoms with Crippen molar-refractivity contribution in [3.8, 4) is 6.07 Å². The normalized spacial score (nSPS) is 17.8. The summed E-state index contributed by atoms with van der Waals surface area (Å²) < 4.78 is 10.6. The number of methoxy groups -OCH3 is 1. The maximum absolute atomic E-state index is 11.9. The van der Waals surface area contributed by atoms with E-state index in [9.17, 15) is 4.79 Å². The predicted octanol–water partition coefficient (Wildman–Crippen LogP) is 16.2. The van der Waals surface area contributed by atoms with Gasteiger partial charge in [0, 0.05) is 157 Å². The Labute approximate surface area is 718 Å². The first kappa shape index (κ1) is 107. The monoisotopic (exact) mass is 1710 g/mol. The Bertz CT molecular complexity index is 3550. The fraction of sp³-hybridized carbons (Fsp3) is 0.551. The molecule has 5 aliphatic heterocycles. The van der Waals surface area contributed by atoms with Gasteiger partial charge in [0.1, 0.15) is 5.60 Å². The number of nitrogens with two attached hydrogens (primary N) is 2. The van der Waals surface area contributed by atoms with E-state index in [2.05, 4.69) is 243 Å². The van der Waals surface area contributed by atoms with Gasteiger partial charge in [0.25, 0.3) is 0 Å². The van der Waals surface area contributed by atoms with Crippen LogP contribution >= 0.6 is 21.5 Å². The molecular formula is C89H148ClN16O4PSi3V. The molecule has 115 heavy (non-hydrogen) atoms. The molecule has 5 saturated heterocycles. The van der Waals surface area contributed by atoms with Crippen molar-refractivity contribution >= 4 is 57.9 Å². The van der Waals surface area contributed by atoms with E-state index in [-0.39, 0.29) is 40.5 Å². The molecule has 0 bridgehead atoms. The minimum absolute atomic E-state index is 0. The molecule has 4 aromatic carbocycles. The molecule has 0 spiro atoms. The number of halogens is 1. The fourth-order valence-electron chi connectivity index (χ4n) is 12.7. The molecule has 5 aliphatic rings. The second kappa shape index (κ2) is 61.5. The number of carbonyl (C=O) groups excluding carboxylic acids is 1. The molecule has 5 fully saturated rings. The summed E-state index contributed by atoms with van der Waals surface area (Å²) in [6.45, 7) is 43.0. The van der Waals surface area contributed by atoms with Gasteiger partial charge in [0.05, 0.1) is 73.3 Å². The van der Waals surface area contributed by atoms with Crippen LogP contribution in [0.2, 0.25) is 58.9 Å². The van der Waals surface area contributed by atoms with Gasteiger partial charge in [0.15, 0.2) is 0 Å². The number of aromatic nitrogens is 6. The van der Waals surface area contributed by atoms with E-state index in [1.165, 1.54) is 99.0 Å². The number of nitriles is 1. The Hall–Kier alpha value is -5.82. The standard InChI is InChI=1S/C15H17N3.C13H19N3O2.C13H23NOSi.C11H19NSi.C7H16N2.C7H12N2.C7H9N.C6H6N2.C6H13NO.C4H11ClSi.H3P.V/c1-2-4-13(5-3-1)11-18-9-6-14(12-18)15-10-16-7-8-17-15;1-13(2,3)18-12(17)16-7-4-10(9-16)11-8-14-5-6-15-11;1-15-11-14(12-16(2,3)4)10-13-8-6-5-7-9-13;1-13(2,3)10-12-9-11-7-5-4-6-8-11;2*1-9-6-2-3-7(9)4-5-8;8-6-7-4-2-1-3-5-7;1-2-6-5-7-3-4-8-6;1-7-4-2-3-6(7)5-8;1-6(2,3)4-5;;/h1-5,7-8,10,14H,6,9,11-12H2;5-6,8,10H,4,7,9H2,1-3H3;5-9H,10-12H2,1-4H3;4-8,12H,9-10H2,1-3H3;7H,2-6,8H2,1H3;7H,2-4,6H2,1H3;1-5H,6,8H2;2-5H,1H2;6,8H,2-5H2,1H3;4H2,1-3H3;1H3;/t;;;;2*7-;;;6-;;;/m....00..0.../s1. The Morgan fingerprint density at radius 3 is 1.47 bits per heavy atom. The van der Waals surface area contributed by atoms with Gasteiger partial charge in [-0.3, -0.25) is 39.7 Å². The number of likely N-dealkylation sites (tertiary alicyclic amines) is 5. The number of nitrogens with zero attached hydrogens (tertiary/aromatic N) is 13. The first-order valence-electron chi connectivity index (χ1n) is 40.6. The van der Waals surface area contributed by atoms with E-state index >= 15 is 0 Å². The molecular weight excluding hydrogens is 1560 g/mol. The SMILES string of the molecule is C=Cc1cnccn1.CC(C)(C)OC(=O)N1CCC(c2cnccn2)C1.CN1CCC[C@H]1CC#N.CN1CCC[C@H]1CCN.CN1CCC[C@H]1CO.COCN(Cc1ccccc1)C[Si](C)(C)C.C[Si](C)(C)CCl.C[Si](C)(C)CNCc1ccccc1.NCc1ccccc1.P.[V].c1ccc(CN2CCC(c3cnccn3)C2)cc1. The van der Waals surface area contributed by atoms with Gasteiger partial charge in [-0.25, -0.2) is 4.79 Å². The van der Waals surface area contributed by atoms with Crippen molar-refractivity contribution in [2.24, 2.45) is 11.5 Å². The van der Waals surface area contributed by atoms with Gasteiger partial charge in [0.2, 0.25) is 0 Å². The molecule has 7 aromatic rings.